The number of benzene rings is 1. The minimum atomic E-state index is -1.21. The first kappa shape index (κ1) is 30.1. The standard InChI is InChI=1S/C28H32N6O7S/c1-16-23(41-15-22(35)36)25(26(37)38)42-24(16)17-5-4-6-20(13-17)34(28(40)30-3)19-9-11-33(12-10-19)21-8-7-18(14-31-21)32-27(39)29-2/h4-8,13-14,19H,9-12,15H2,1-3H3,(H,30,40)(H,35,36)(H,37,38)(H2,29,32,39). The molecule has 0 aliphatic carbocycles. The van der Waals surface area contributed by atoms with E-state index in [0.29, 0.717) is 53.3 Å². The number of rotatable bonds is 9. The second kappa shape index (κ2) is 13.2. The molecule has 222 valence electrons. The average Bonchev–Trinajstić information content (AvgIpc) is 3.33. The van der Waals surface area contributed by atoms with Crippen LogP contribution in [-0.4, -0.2) is 79.0 Å². The number of amides is 4. The minimum absolute atomic E-state index is 0.0249. The fourth-order valence-corrected chi connectivity index (χ4v) is 5.91. The van der Waals surface area contributed by atoms with Crippen LogP contribution < -0.4 is 30.5 Å². The van der Waals surface area contributed by atoms with E-state index in [2.05, 4.69) is 25.8 Å². The molecule has 0 saturated carbocycles. The summed E-state index contributed by atoms with van der Waals surface area (Å²) < 4.78 is 5.32. The van der Waals surface area contributed by atoms with Gasteiger partial charge in [-0.05, 0) is 49.6 Å². The average molecular weight is 597 g/mol. The Balaban J connectivity index is 1.55. The normalized spacial score (nSPS) is 13.3. The van der Waals surface area contributed by atoms with E-state index in [0.717, 1.165) is 17.2 Å². The SMILES string of the molecule is CNC(=O)Nc1ccc(N2CCC(N(C(=O)NC)c3cccc(-c4sc(C(=O)O)c(OCC(=O)O)c4C)c3)CC2)nc1. The van der Waals surface area contributed by atoms with E-state index in [4.69, 9.17) is 9.84 Å². The molecule has 1 fully saturated rings. The van der Waals surface area contributed by atoms with Gasteiger partial charge < -0.3 is 35.8 Å². The van der Waals surface area contributed by atoms with Crippen LogP contribution in [0, 0.1) is 6.92 Å². The van der Waals surface area contributed by atoms with Crippen LogP contribution in [0.1, 0.15) is 28.1 Å². The van der Waals surface area contributed by atoms with E-state index < -0.39 is 18.5 Å². The molecule has 4 rings (SSSR count). The van der Waals surface area contributed by atoms with Gasteiger partial charge in [0.1, 0.15) is 11.6 Å². The maximum atomic E-state index is 13.1. The zero-order chi connectivity index (χ0) is 30.4. The number of pyridine rings is 1. The number of nitrogens with one attached hydrogen (secondary N) is 3. The highest BCUT2D eigenvalue weighted by Gasteiger charge is 2.30. The van der Waals surface area contributed by atoms with Crippen LogP contribution in [0.15, 0.2) is 42.6 Å². The summed E-state index contributed by atoms with van der Waals surface area (Å²) in [5, 5.41) is 26.6. The summed E-state index contributed by atoms with van der Waals surface area (Å²) in [5.41, 5.74) is 2.42. The molecular weight excluding hydrogens is 564 g/mol. The molecule has 2 aromatic heterocycles. The molecule has 3 heterocycles. The highest BCUT2D eigenvalue weighted by atomic mass is 32.1. The molecule has 0 unspecified atom stereocenters. The summed E-state index contributed by atoms with van der Waals surface area (Å²) >= 11 is 0.996. The van der Waals surface area contributed by atoms with Crippen molar-refractivity contribution >= 4 is 52.5 Å². The third kappa shape index (κ3) is 6.71. The number of thiophene rings is 1. The van der Waals surface area contributed by atoms with Gasteiger partial charge in [-0.25, -0.2) is 24.2 Å². The summed E-state index contributed by atoms with van der Waals surface area (Å²) in [7, 11) is 3.11. The van der Waals surface area contributed by atoms with Crippen LogP contribution in [0.4, 0.5) is 26.8 Å². The lowest BCUT2D eigenvalue weighted by molar-refractivity contribution is -0.139. The number of ether oxygens (including phenoxy) is 1. The van der Waals surface area contributed by atoms with Gasteiger partial charge in [0.05, 0.1) is 11.9 Å². The molecule has 14 heteroatoms. The van der Waals surface area contributed by atoms with Crippen LogP contribution in [0.2, 0.25) is 0 Å². The number of hydrogen-bond acceptors (Lipinski definition) is 8. The molecule has 4 amide bonds. The second-order valence-corrected chi connectivity index (χ2v) is 10.5. The van der Waals surface area contributed by atoms with E-state index in [1.807, 2.05) is 24.3 Å². The quantitative estimate of drug-likeness (QED) is 0.246. The number of carbonyl (C=O) groups is 4. The van der Waals surface area contributed by atoms with Crippen molar-refractivity contribution in [2.24, 2.45) is 0 Å². The van der Waals surface area contributed by atoms with Gasteiger partial charge in [0, 0.05) is 49.4 Å². The highest BCUT2D eigenvalue weighted by molar-refractivity contribution is 7.18. The fraction of sp³-hybridized carbons (Fsp3) is 0.321. The molecular formula is C28H32N6O7S. The Morgan fingerprint density at radius 2 is 1.83 bits per heavy atom. The summed E-state index contributed by atoms with van der Waals surface area (Å²) in [6, 6.07) is 10.2. The lowest BCUT2D eigenvalue weighted by Crippen LogP contribution is -2.50. The molecule has 0 spiro atoms. The molecule has 1 aliphatic rings. The molecule has 13 nitrogen and oxygen atoms in total. The Kier molecular flexibility index (Phi) is 9.47. The van der Waals surface area contributed by atoms with Crippen molar-refractivity contribution in [3.8, 4) is 16.2 Å². The number of carboxylic acids is 2. The molecule has 1 saturated heterocycles. The predicted octanol–water partition coefficient (Wildman–Crippen LogP) is 3.85. The number of aromatic nitrogens is 1. The molecule has 3 aromatic rings. The topological polar surface area (TPSA) is 173 Å². The number of urea groups is 2. The number of carboxylic acid groups (broad SMARTS) is 2. The number of aliphatic carboxylic acids is 1. The van der Waals surface area contributed by atoms with Gasteiger partial charge in [-0.2, -0.15) is 0 Å². The molecule has 1 aromatic carbocycles. The number of aromatic carboxylic acids is 1. The van der Waals surface area contributed by atoms with Crippen molar-refractivity contribution < 1.29 is 34.1 Å². The van der Waals surface area contributed by atoms with Crippen LogP contribution in [0.25, 0.3) is 10.4 Å². The third-order valence-electron chi connectivity index (χ3n) is 6.83. The summed E-state index contributed by atoms with van der Waals surface area (Å²) in [5.74, 6) is -1.63. The Morgan fingerprint density at radius 1 is 1.10 bits per heavy atom. The smallest absolute Gasteiger partial charge is 0.349 e. The van der Waals surface area contributed by atoms with E-state index in [1.54, 1.807) is 37.2 Å². The Morgan fingerprint density at radius 3 is 2.43 bits per heavy atom. The monoisotopic (exact) mass is 596 g/mol. The molecule has 0 radical (unpaired) electrons. The summed E-state index contributed by atoms with van der Waals surface area (Å²) in [6.07, 6.45) is 2.94. The second-order valence-electron chi connectivity index (χ2n) is 9.50. The minimum Gasteiger partial charge on any atom is -0.480 e. The lowest BCUT2D eigenvalue weighted by Gasteiger charge is -2.39. The molecule has 0 bridgehead atoms. The number of anilines is 3. The van der Waals surface area contributed by atoms with Gasteiger partial charge in [-0.15, -0.1) is 11.3 Å². The van der Waals surface area contributed by atoms with E-state index in [9.17, 15) is 24.3 Å². The zero-order valence-corrected chi connectivity index (χ0v) is 24.2. The largest absolute Gasteiger partial charge is 0.480 e. The predicted molar refractivity (Wildman–Crippen MR) is 159 cm³/mol. The maximum Gasteiger partial charge on any atom is 0.349 e. The van der Waals surface area contributed by atoms with Gasteiger partial charge in [0.25, 0.3) is 0 Å². The van der Waals surface area contributed by atoms with Crippen LogP contribution in [0.3, 0.4) is 0 Å². The zero-order valence-electron chi connectivity index (χ0n) is 23.3. The Labute approximate surface area is 246 Å². The summed E-state index contributed by atoms with van der Waals surface area (Å²) in [4.78, 5) is 56.4. The molecule has 1 aliphatic heterocycles. The van der Waals surface area contributed by atoms with Crippen LogP contribution in [-0.2, 0) is 4.79 Å². The van der Waals surface area contributed by atoms with Crippen molar-refractivity contribution in [2.75, 3.05) is 48.9 Å². The van der Waals surface area contributed by atoms with E-state index >= 15 is 0 Å². The number of hydrogen-bond donors (Lipinski definition) is 5. The molecule has 5 N–H and O–H groups in total. The molecule has 0 atom stereocenters. The van der Waals surface area contributed by atoms with E-state index in [1.165, 1.54) is 7.05 Å². The van der Waals surface area contributed by atoms with Gasteiger partial charge in [0.15, 0.2) is 11.5 Å². The van der Waals surface area contributed by atoms with Gasteiger partial charge >= 0.3 is 24.0 Å². The van der Waals surface area contributed by atoms with Crippen LogP contribution >= 0.6 is 11.3 Å². The third-order valence-corrected chi connectivity index (χ3v) is 8.14. The first-order valence-electron chi connectivity index (χ1n) is 13.1. The number of nitrogens with zero attached hydrogens (tertiary/aromatic N) is 3. The van der Waals surface area contributed by atoms with Crippen molar-refractivity contribution in [3.63, 3.8) is 0 Å². The Bertz CT molecular complexity index is 1470. The summed E-state index contributed by atoms with van der Waals surface area (Å²) in [6.45, 7) is 2.34. The van der Waals surface area contributed by atoms with Gasteiger partial charge in [-0.3, -0.25) is 4.90 Å². The fourth-order valence-electron chi connectivity index (χ4n) is 4.83. The molecule has 42 heavy (non-hydrogen) atoms. The highest BCUT2D eigenvalue weighted by Crippen LogP contribution is 2.42. The Hall–Kier alpha value is -4.85. The van der Waals surface area contributed by atoms with Crippen molar-refractivity contribution in [1.82, 2.24) is 15.6 Å². The van der Waals surface area contributed by atoms with Gasteiger partial charge in [-0.1, -0.05) is 12.1 Å². The first-order valence-corrected chi connectivity index (χ1v) is 14.0. The van der Waals surface area contributed by atoms with E-state index in [-0.39, 0.29) is 28.7 Å². The lowest BCUT2D eigenvalue weighted by atomic mass is 10.0. The van der Waals surface area contributed by atoms with Crippen molar-refractivity contribution in [2.45, 2.75) is 25.8 Å². The first-order chi connectivity index (χ1) is 20.1. The maximum absolute atomic E-state index is 13.1. The van der Waals surface area contributed by atoms with Crippen LogP contribution in [0.5, 0.6) is 5.75 Å². The number of piperidine rings is 1. The van der Waals surface area contributed by atoms with Crippen molar-refractivity contribution in [3.05, 3.63) is 53.0 Å². The van der Waals surface area contributed by atoms with Crippen molar-refractivity contribution in [1.29, 1.82) is 0 Å². The van der Waals surface area contributed by atoms with Gasteiger partial charge in [0.2, 0.25) is 0 Å². The number of carbonyl (C=O) groups excluding carboxylic acids is 2.